The van der Waals surface area contributed by atoms with E-state index >= 15 is 0 Å². The molecule has 2 nitrogen and oxygen atoms in total. The zero-order valence-electron chi connectivity index (χ0n) is 7.25. The van der Waals surface area contributed by atoms with E-state index in [0.717, 1.165) is 19.0 Å². The maximum Gasteiger partial charge on any atom is 0.123 e. The van der Waals surface area contributed by atoms with Gasteiger partial charge in [-0.15, -0.1) is 0 Å². The van der Waals surface area contributed by atoms with Crippen molar-refractivity contribution < 1.29 is 9.59 Å². The lowest BCUT2D eigenvalue weighted by molar-refractivity contribution is -0.112. The Morgan fingerprint density at radius 1 is 1.27 bits per heavy atom. The van der Waals surface area contributed by atoms with Gasteiger partial charge in [-0.25, -0.2) is 0 Å². The zero-order valence-corrected chi connectivity index (χ0v) is 7.25. The standard InChI is InChI=1S/C9H16O2/c1-8(2)6-9(7-11)4-3-5-10/h5,7-9H,3-4,6H2,1-2H3. The molecule has 11 heavy (non-hydrogen) atoms. The summed E-state index contributed by atoms with van der Waals surface area (Å²) in [6.07, 6.45) is 3.96. The van der Waals surface area contributed by atoms with Crippen LogP contribution in [-0.4, -0.2) is 12.6 Å². The summed E-state index contributed by atoms with van der Waals surface area (Å²) in [6, 6.07) is 0. The van der Waals surface area contributed by atoms with E-state index in [1.165, 1.54) is 0 Å². The van der Waals surface area contributed by atoms with E-state index in [-0.39, 0.29) is 5.92 Å². The average Bonchev–Trinajstić information content (AvgIpc) is 1.97. The fourth-order valence-electron chi connectivity index (χ4n) is 1.13. The first kappa shape index (κ1) is 10.3. The van der Waals surface area contributed by atoms with Crippen LogP contribution in [0.15, 0.2) is 0 Å². The second kappa shape index (κ2) is 6.08. The highest BCUT2D eigenvalue weighted by Crippen LogP contribution is 2.13. The van der Waals surface area contributed by atoms with Crippen LogP contribution in [0.4, 0.5) is 0 Å². The van der Waals surface area contributed by atoms with Crippen LogP contribution in [0.2, 0.25) is 0 Å². The van der Waals surface area contributed by atoms with Crippen molar-refractivity contribution >= 4 is 12.6 Å². The number of hydrogen-bond donors (Lipinski definition) is 0. The van der Waals surface area contributed by atoms with Gasteiger partial charge in [-0.2, -0.15) is 0 Å². The molecule has 2 heteroatoms. The fourth-order valence-corrected chi connectivity index (χ4v) is 1.13. The minimum atomic E-state index is 0.0835. The van der Waals surface area contributed by atoms with Crippen LogP contribution in [-0.2, 0) is 9.59 Å². The van der Waals surface area contributed by atoms with Crippen molar-refractivity contribution in [1.29, 1.82) is 0 Å². The Morgan fingerprint density at radius 2 is 1.91 bits per heavy atom. The molecule has 0 saturated heterocycles. The molecule has 0 aliphatic rings. The monoisotopic (exact) mass is 156 g/mol. The topological polar surface area (TPSA) is 34.1 Å². The number of hydrogen-bond acceptors (Lipinski definition) is 2. The average molecular weight is 156 g/mol. The van der Waals surface area contributed by atoms with Crippen molar-refractivity contribution in [3.8, 4) is 0 Å². The third-order valence-corrected chi connectivity index (χ3v) is 1.62. The van der Waals surface area contributed by atoms with Crippen molar-refractivity contribution in [2.24, 2.45) is 11.8 Å². The van der Waals surface area contributed by atoms with Crippen molar-refractivity contribution in [2.45, 2.75) is 33.1 Å². The highest BCUT2D eigenvalue weighted by Gasteiger charge is 2.08. The summed E-state index contributed by atoms with van der Waals surface area (Å²) >= 11 is 0. The Hall–Kier alpha value is -0.660. The van der Waals surface area contributed by atoms with Gasteiger partial charge in [0.05, 0.1) is 0 Å². The third-order valence-electron chi connectivity index (χ3n) is 1.62. The lowest BCUT2D eigenvalue weighted by Gasteiger charge is -2.09. The maximum atomic E-state index is 10.4. The molecule has 0 saturated carbocycles. The summed E-state index contributed by atoms with van der Waals surface area (Å²) < 4.78 is 0. The molecule has 0 aromatic carbocycles. The minimum Gasteiger partial charge on any atom is -0.303 e. The van der Waals surface area contributed by atoms with Crippen molar-refractivity contribution in [3.63, 3.8) is 0 Å². The zero-order chi connectivity index (χ0) is 8.69. The molecule has 0 rings (SSSR count). The van der Waals surface area contributed by atoms with Gasteiger partial charge in [-0.1, -0.05) is 13.8 Å². The molecule has 0 aliphatic heterocycles. The third kappa shape index (κ3) is 5.77. The lowest BCUT2D eigenvalue weighted by atomic mass is 9.94. The van der Waals surface area contributed by atoms with E-state index in [9.17, 15) is 9.59 Å². The van der Waals surface area contributed by atoms with E-state index in [0.29, 0.717) is 18.8 Å². The first-order chi connectivity index (χ1) is 5.20. The first-order valence-electron chi connectivity index (χ1n) is 4.09. The first-order valence-corrected chi connectivity index (χ1v) is 4.09. The number of aldehydes is 2. The van der Waals surface area contributed by atoms with E-state index < -0.39 is 0 Å². The summed E-state index contributed by atoms with van der Waals surface area (Å²) in [5, 5.41) is 0. The van der Waals surface area contributed by atoms with E-state index in [2.05, 4.69) is 13.8 Å². The minimum absolute atomic E-state index is 0.0835. The smallest absolute Gasteiger partial charge is 0.123 e. The van der Waals surface area contributed by atoms with Crippen molar-refractivity contribution in [1.82, 2.24) is 0 Å². The van der Waals surface area contributed by atoms with Crippen LogP contribution in [0, 0.1) is 11.8 Å². The molecule has 64 valence electrons. The van der Waals surface area contributed by atoms with Gasteiger partial charge in [0.25, 0.3) is 0 Å². The molecule has 0 spiro atoms. The van der Waals surface area contributed by atoms with Crippen molar-refractivity contribution in [2.75, 3.05) is 0 Å². The molecule has 0 radical (unpaired) electrons. The largest absolute Gasteiger partial charge is 0.303 e. The molecule has 0 heterocycles. The Morgan fingerprint density at radius 3 is 2.27 bits per heavy atom. The quantitative estimate of drug-likeness (QED) is 0.550. The molecule has 0 aromatic rings. The Labute approximate surface area is 68.0 Å². The Kier molecular flexibility index (Phi) is 5.71. The Balaban J connectivity index is 3.57. The fraction of sp³-hybridized carbons (Fsp3) is 0.778. The van der Waals surface area contributed by atoms with E-state index in [1.807, 2.05) is 0 Å². The summed E-state index contributed by atoms with van der Waals surface area (Å²) in [7, 11) is 0. The predicted octanol–water partition coefficient (Wildman–Crippen LogP) is 1.83. The van der Waals surface area contributed by atoms with E-state index in [1.54, 1.807) is 0 Å². The van der Waals surface area contributed by atoms with Gasteiger partial charge in [-0.3, -0.25) is 0 Å². The normalized spacial score (nSPS) is 13.0. The summed E-state index contributed by atoms with van der Waals surface area (Å²) in [5.41, 5.74) is 0. The second-order valence-electron chi connectivity index (χ2n) is 3.27. The van der Waals surface area contributed by atoms with Gasteiger partial charge in [0.1, 0.15) is 12.6 Å². The van der Waals surface area contributed by atoms with Gasteiger partial charge in [0.2, 0.25) is 0 Å². The van der Waals surface area contributed by atoms with E-state index in [4.69, 9.17) is 0 Å². The summed E-state index contributed by atoms with van der Waals surface area (Å²) in [4.78, 5) is 20.4. The molecule has 0 aromatic heterocycles. The summed E-state index contributed by atoms with van der Waals surface area (Å²) in [5.74, 6) is 0.622. The highest BCUT2D eigenvalue weighted by atomic mass is 16.1. The molecule has 0 amide bonds. The van der Waals surface area contributed by atoms with Gasteiger partial charge in [0, 0.05) is 12.3 Å². The molecule has 1 unspecified atom stereocenters. The van der Waals surface area contributed by atoms with Crippen LogP contribution in [0.5, 0.6) is 0 Å². The molecule has 0 N–H and O–H groups in total. The van der Waals surface area contributed by atoms with Gasteiger partial charge >= 0.3 is 0 Å². The number of carbonyl (C=O) groups excluding carboxylic acids is 2. The number of rotatable bonds is 6. The van der Waals surface area contributed by atoms with Crippen LogP contribution in [0.1, 0.15) is 33.1 Å². The molecular weight excluding hydrogens is 140 g/mol. The predicted molar refractivity (Wildman–Crippen MR) is 44.3 cm³/mol. The maximum absolute atomic E-state index is 10.4. The van der Waals surface area contributed by atoms with Crippen LogP contribution in [0.25, 0.3) is 0 Å². The highest BCUT2D eigenvalue weighted by molar-refractivity contribution is 5.55. The van der Waals surface area contributed by atoms with Gasteiger partial charge in [0.15, 0.2) is 0 Å². The molecular formula is C9H16O2. The van der Waals surface area contributed by atoms with Gasteiger partial charge < -0.3 is 9.59 Å². The SMILES string of the molecule is CC(C)CC(C=O)CCC=O. The molecule has 1 atom stereocenters. The summed E-state index contributed by atoms with van der Waals surface area (Å²) in [6.45, 7) is 4.16. The lowest BCUT2D eigenvalue weighted by Crippen LogP contribution is -2.06. The second-order valence-corrected chi connectivity index (χ2v) is 3.27. The van der Waals surface area contributed by atoms with Crippen LogP contribution >= 0.6 is 0 Å². The number of carbonyl (C=O) groups is 2. The molecule has 0 aliphatic carbocycles. The van der Waals surface area contributed by atoms with Gasteiger partial charge in [-0.05, 0) is 18.8 Å². The molecule has 0 bridgehead atoms. The Bertz CT molecular complexity index is 119. The van der Waals surface area contributed by atoms with Crippen molar-refractivity contribution in [3.05, 3.63) is 0 Å². The molecule has 0 fully saturated rings. The van der Waals surface area contributed by atoms with Crippen LogP contribution in [0.3, 0.4) is 0 Å². The van der Waals surface area contributed by atoms with Crippen LogP contribution < -0.4 is 0 Å².